The predicted molar refractivity (Wildman–Crippen MR) is 88.2 cm³/mol. The van der Waals surface area contributed by atoms with Gasteiger partial charge in [-0.25, -0.2) is 0 Å². The van der Waals surface area contributed by atoms with Crippen LogP contribution < -0.4 is 4.90 Å². The number of nitrogens with one attached hydrogen (secondary N) is 1. The van der Waals surface area contributed by atoms with Gasteiger partial charge in [-0.05, 0) is 24.3 Å². The number of amides is 1. The van der Waals surface area contributed by atoms with Gasteiger partial charge in [-0.2, -0.15) is 0 Å². The second-order valence-electron chi connectivity index (χ2n) is 5.71. The fraction of sp³-hybridized carbons (Fsp3) is 0.278. The lowest BCUT2D eigenvalue weighted by molar-refractivity contribution is -0.917. The van der Waals surface area contributed by atoms with Crippen molar-refractivity contribution in [1.29, 1.82) is 0 Å². The fourth-order valence-electron chi connectivity index (χ4n) is 2.86. The van der Waals surface area contributed by atoms with Crippen LogP contribution in [0.3, 0.4) is 0 Å². The minimum absolute atomic E-state index is 0.145. The molecule has 3 rings (SSSR count). The Morgan fingerprint density at radius 3 is 2.27 bits per heavy atom. The standard InChI is InChI=1S/C18H19ClN2O/c19-17-8-6-15(7-9-17)14-20-10-12-21(13-11-20)18(22)16-4-2-1-3-5-16/h1-9H,10-14H2/p+1. The summed E-state index contributed by atoms with van der Waals surface area (Å²) in [5, 5.41) is 0.775. The first-order valence-corrected chi connectivity index (χ1v) is 8.02. The lowest BCUT2D eigenvalue weighted by Gasteiger charge is -2.32. The summed E-state index contributed by atoms with van der Waals surface area (Å²) >= 11 is 5.92. The van der Waals surface area contributed by atoms with Crippen LogP contribution >= 0.6 is 11.6 Å². The number of carbonyl (C=O) groups excluding carboxylic acids is 1. The summed E-state index contributed by atoms with van der Waals surface area (Å²) in [7, 11) is 0. The minimum Gasteiger partial charge on any atom is -0.328 e. The molecule has 0 aliphatic carbocycles. The van der Waals surface area contributed by atoms with Gasteiger partial charge in [0.05, 0.1) is 26.2 Å². The van der Waals surface area contributed by atoms with Crippen LogP contribution in [0.5, 0.6) is 0 Å². The van der Waals surface area contributed by atoms with E-state index in [4.69, 9.17) is 11.6 Å². The number of hydrogen-bond donors (Lipinski definition) is 1. The monoisotopic (exact) mass is 315 g/mol. The zero-order valence-electron chi connectivity index (χ0n) is 12.5. The van der Waals surface area contributed by atoms with Crippen molar-refractivity contribution in [1.82, 2.24) is 4.90 Å². The van der Waals surface area contributed by atoms with E-state index in [1.54, 1.807) is 0 Å². The predicted octanol–water partition coefficient (Wildman–Crippen LogP) is 1.88. The van der Waals surface area contributed by atoms with Gasteiger partial charge in [-0.3, -0.25) is 4.79 Å². The summed E-state index contributed by atoms with van der Waals surface area (Å²) in [6.45, 7) is 4.60. The van der Waals surface area contributed by atoms with Crippen LogP contribution in [0.15, 0.2) is 54.6 Å². The Morgan fingerprint density at radius 2 is 1.64 bits per heavy atom. The van der Waals surface area contributed by atoms with E-state index in [0.717, 1.165) is 43.3 Å². The second-order valence-corrected chi connectivity index (χ2v) is 6.15. The van der Waals surface area contributed by atoms with Crippen LogP contribution in [0, 0.1) is 0 Å². The molecule has 0 spiro atoms. The molecular formula is C18H20ClN2O+. The van der Waals surface area contributed by atoms with Crippen molar-refractivity contribution in [2.24, 2.45) is 0 Å². The van der Waals surface area contributed by atoms with Crippen LogP contribution in [0.25, 0.3) is 0 Å². The number of halogens is 1. The summed E-state index contributed by atoms with van der Waals surface area (Å²) in [6.07, 6.45) is 0. The maximum atomic E-state index is 12.4. The Hall–Kier alpha value is -1.84. The third-order valence-corrected chi connectivity index (χ3v) is 4.40. The largest absolute Gasteiger partial charge is 0.328 e. The first-order valence-electron chi connectivity index (χ1n) is 7.65. The average Bonchev–Trinajstić information content (AvgIpc) is 2.58. The first-order chi connectivity index (χ1) is 10.7. The molecule has 2 aromatic carbocycles. The normalized spacial score (nSPS) is 15.8. The third-order valence-electron chi connectivity index (χ3n) is 4.15. The van der Waals surface area contributed by atoms with E-state index < -0.39 is 0 Å². The molecule has 0 atom stereocenters. The van der Waals surface area contributed by atoms with E-state index in [1.807, 2.05) is 47.4 Å². The van der Waals surface area contributed by atoms with E-state index in [9.17, 15) is 4.79 Å². The maximum Gasteiger partial charge on any atom is 0.254 e. The van der Waals surface area contributed by atoms with Crippen molar-refractivity contribution >= 4 is 17.5 Å². The summed E-state index contributed by atoms with van der Waals surface area (Å²) in [5.41, 5.74) is 2.07. The molecule has 1 heterocycles. The Bertz CT molecular complexity index is 619. The van der Waals surface area contributed by atoms with Gasteiger partial charge in [0, 0.05) is 16.1 Å². The number of carbonyl (C=O) groups is 1. The van der Waals surface area contributed by atoms with E-state index in [-0.39, 0.29) is 5.91 Å². The zero-order valence-corrected chi connectivity index (χ0v) is 13.2. The molecule has 0 saturated carbocycles. The minimum atomic E-state index is 0.145. The van der Waals surface area contributed by atoms with Crippen molar-refractivity contribution in [2.45, 2.75) is 6.54 Å². The van der Waals surface area contributed by atoms with Crippen LogP contribution in [0.1, 0.15) is 15.9 Å². The van der Waals surface area contributed by atoms with Gasteiger partial charge in [0.2, 0.25) is 0 Å². The van der Waals surface area contributed by atoms with Crippen molar-refractivity contribution in [3.8, 4) is 0 Å². The quantitative estimate of drug-likeness (QED) is 0.919. The number of rotatable bonds is 3. The van der Waals surface area contributed by atoms with Gasteiger partial charge in [0.1, 0.15) is 6.54 Å². The van der Waals surface area contributed by atoms with Gasteiger partial charge >= 0.3 is 0 Å². The molecule has 2 aromatic rings. The highest BCUT2D eigenvalue weighted by Gasteiger charge is 2.24. The number of hydrogen-bond acceptors (Lipinski definition) is 1. The molecule has 1 saturated heterocycles. The highest BCUT2D eigenvalue weighted by molar-refractivity contribution is 6.30. The third kappa shape index (κ3) is 3.67. The molecule has 0 unspecified atom stereocenters. The van der Waals surface area contributed by atoms with E-state index in [2.05, 4.69) is 12.1 Å². The first kappa shape index (κ1) is 15.1. The Labute approximate surface area is 136 Å². The van der Waals surface area contributed by atoms with Gasteiger partial charge in [-0.15, -0.1) is 0 Å². The number of piperazine rings is 1. The molecule has 0 radical (unpaired) electrons. The molecule has 1 aliphatic heterocycles. The van der Waals surface area contributed by atoms with E-state index in [1.165, 1.54) is 10.5 Å². The van der Waals surface area contributed by atoms with Gasteiger partial charge < -0.3 is 9.80 Å². The molecule has 4 heteroatoms. The van der Waals surface area contributed by atoms with Crippen LogP contribution in [-0.4, -0.2) is 37.0 Å². The summed E-state index contributed by atoms with van der Waals surface area (Å²) in [6, 6.07) is 17.6. The van der Waals surface area contributed by atoms with Crippen molar-refractivity contribution in [2.75, 3.05) is 26.2 Å². The highest BCUT2D eigenvalue weighted by Crippen LogP contribution is 2.09. The zero-order chi connectivity index (χ0) is 15.4. The average molecular weight is 316 g/mol. The second kappa shape index (κ2) is 6.95. The molecule has 0 bridgehead atoms. The Kier molecular flexibility index (Phi) is 4.76. The van der Waals surface area contributed by atoms with Gasteiger partial charge in [0.25, 0.3) is 5.91 Å². The number of nitrogens with zero attached hydrogens (tertiary/aromatic N) is 1. The van der Waals surface area contributed by atoms with Crippen LogP contribution in [0.2, 0.25) is 5.02 Å². The SMILES string of the molecule is O=C(c1ccccc1)N1CC[NH+](Cc2ccc(Cl)cc2)CC1. The fourth-order valence-corrected chi connectivity index (χ4v) is 2.98. The Balaban J connectivity index is 1.54. The molecule has 22 heavy (non-hydrogen) atoms. The highest BCUT2D eigenvalue weighted by atomic mass is 35.5. The molecule has 1 amide bonds. The maximum absolute atomic E-state index is 12.4. The Morgan fingerprint density at radius 1 is 1.00 bits per heavy atom. The van der Waals surface area contributed by atoms with Crippen molar-refractivity contribution in [3.63, 3.8) is 0 Å². The topological polar surface area (TPSA) is 24.8 Å². The molecule has 0 aromatic heterocycles. The van der Waals surface area contributed by atoms with Gasteiger partial charge in [-0.1, -0.05) is 41.9 Å². The summed E-state index contributed by atoms with van der Waals surface area (Å²) in [5.74, 6) is 0.145. The summed E-state index contributed by atoms with van der Waals surface area (Å²) in [4.78, 5) is 15.9. The van der Waals surface area contributed by atoms with Crippen molar-refractivity contribution < 1.29 is 9.69 Å². The van der Waals surface area contributed by atoms with Crippen LogP contribution in [-0.2, 0) is 6.54 Å². The lowest BCUT2D eigenvalue weighted by atomic mass is 10.1. The smallest absolute Gasteiger partial charge is 0.254 e. The van der Waals surface area contributed by atoms with E-state index in [0.29, 0.717) is 0 Å². The van der Waals surface area contributed by atoms with E-state index >= 15 is 0 Å². The molecule has 1 fully saturated rings. The molecule has 3 nitrogen and oxygen atoms in total. The number of benzene rings is 2. The van der Waals surface area contributed by atoms with Crippen LogP contribution in [0.4, 0.5) is 0 Å². The molecule has 1 N–H and O–H groups in total. The van der Waals surface area contributed by atoms with Crippen molar-refractivity contribution in [3.05, 3.63) is 70.7 Å². The summed E-state index contributed by atoms with van der Waals surface area (Å²) < 4.78 is 0. The molecule has 1 aliphatic rings. The lowest BCUT2D eigenvalue weighted by Crippen LogP contribution is -3.13. The van der Waals surface area contributed by atoms with Gasteiger partial charge in [0.15, 0.2) is 0 Å². The number of quaternary nitrogens is 1. The molecular weight excluding hydrogens is 296 g/mol. The molecule has 114 valence electrons.